The molecule has 0 heterocycles. The lowest BCUT2D eigenvalue weighted by atomic mass is 9.76. The van der Waals surface area contributed by atoms with Crippen molar-refractivity contribution in [1.29, 1.82) is 0 Å². The summed E-state index contributed by atoms with van der Waals surface area (Å²) in [6.45, 7) is 0. The molecule has 110 valence electrons. The number of benzene rings is 2. The summed E-state index contributed by atoms with van der Waals surface area (Å²) in [4.78, 5) is 0. The van der Waals surface area contributed by atoms with Gasteiger partial charge in [0.15, 0.2) is 0 Å². The highest BCUT2D eigenvalue weighted by atomic mass is 79.9. The monoisotopic (exact) mass is 371 g/mol. The van der Waals surface area contributed by atoms with Crippen LogP contribution >= 0.6 is 27.5 Å². The molecule has 1 aliphatic carbocycles. The number of hydrogen-bond acceptors (Lipinski definition) is 1. The summed E-state index contributed by atoms with van der Waals surface area (Å²) >= 11 is 8.93. The van der Waals surface area contributed by atoms with Gasteiger partial charge >= 0.3 is 0 Å². The predicted molar refractivity (Wildman–Crippen MR) is 84.9 cm³/mol. The van der Waals surface area contributed by atoms with Crippen molar-refractivity contribution in [2.75, 3.05) is 5.32 Å². The van der Waals surface area contributed by atoms with Crippen LogP contribution in [0.3, 0.4) is 0 Å². The van der Waals surface area contributed by atoms with Crippen molar-refractivity contribution in [3.63, 3.8) is 0 Å². The van der Waals surface area contributed by atoms with E-state index in [1.54, 1.807) is 0 Å². The lowest BCUT2D eigenvalue weighted by molar-refractivity contribution is 0.371. The molecule has 0 unspecified atom stereocenters. The molecule has 0 amide bonds. The molecule has 1 N–H and O–H groups in total. The fourth-order valence-electron chi connectivity index (χ4n) is 2.63. The SMILES string of the molecule is Fc1cc(Br)cc(F)c1NC1CC(c2ccc(Cl)cc2)C1. The first-order valence-electron chi connectivity index (χ1n) is 6.69. The van der Waals surface area contributed by atoms with E-state index in [2.05, 4.69) is 21.2 Å². The maximum absolute atomic E-state index is 13.7. The lowest BCUT2D eigenvalue weighted by Crippen LogP contribution is -2.34. The second-order valence-electron chi connectivity index (χ2n) is 5.31. The fourth-order valence-corrected chi connectivity index (χ4v) is 3.15. The largest absolute Gasteiger partial charge is 0.378 e. The van der Waals surface area contributed by atoms with E-state index in [0.29, 0.717) is 15.4 Å². The number of anilines is 1. The lowest BCUT2D eigenvalue weighted by Gasteiger charge is -2.37. The van der Waals surface area contributed by atoms with E-state index in [-0.39, 0.29) is 11.7 Å². The first kappa shape index (κ1) is 14.8. The number of hydrogen-bond donors (Lipinski definition) is 1. The molecule has 0 aromatic heterocycles. The maximum atomic E-state index is 13.7. The Bertz CT molecular complexity index is 631. The molecule has 0 aliphatic heterocycles. The smallest absolute Gasteiger partial charge is 0.150 e. The van der Waals surface area contributed by atoms with Gasteiger partial charge in [-0.2, -0.15) is 0 Å². The van der Waals surface area contributed by atoms with E-state index < -0.39 is 11.6 Å². The van der Waals surface area contributed by atoms with Crippen LogP contribution in [0.15, 0.2) is 40.9 Å². The summed E-state index contributed by atoms with van der Waals surface area (Å²) in [5, 5.41) is 3.67. The summed E-state index contributed by atoms with van der Waals surface area (Å²) in [5.74, 6) is -0.727. The van der Waals surface area contributed by atoms with E-state index in [0.717, 1.165) is 12.8 Å². The van der Waals surface area contributed by atoms with Gasteiger partial charge in [-0.05, 0) is 48.6 Å². The van der Waals surface area contributed by atoms with E-state index in [1.807, 2.05) is 24.3 Å². The minimum absolute atomic E-state index is 0.0437. The van der Waals surface area contributed by atoms with Gasteiger partial charge in [-0.25, -0.2) is 8.78 Å². The molecule has 3 rings (SSSR count). The zero-order valence-corrected chi connectivity index (χ0v) is 13.4. The highest BCUT2D eigenvalue weighted by Gasteiger charge is 2.31. The minimum atomic E-state index is -0.572. The highest BCUT2D eigenvalue weighted by Crippen LogP contribution is 2.39. The minimum Gasteiger partial charge on any atom is -0.378 e. The van der Waals surface area contributed by atoms with Gasteiger partial charge in [-0.1, -0.05) is 39.7 Å². The van der Waals surface area contributed by atoms with Gasteiger partial charge in [0.2, 0.25) is 0 Å². The molecule has 2 aromatic carbocycles. The van der Waals surface area contributed by atoms with Crippen molar-refractivity contribution in [3.05, 3.63) is 63.1 Å². The second-order valence-corrected chi connectivity index (χ2v) is 6.66. The topological polar surface area (TPSA) is 12.0 Å². The maximum Gasteiger partial charge on any atom is 0.150 e. The quantitative estimate of drug-likeness (QED) is 0.724. The van der Waals surface area contributed by atoms with Gasteiger partial charge in [0, 0.05) is 15.5 Å². The van der Waals surface area contributed by atoms with Crippen LogP contribution in [0.5, 0.6) is 0 Å². The zero-order valence-electron chi connectivity index (χ0n) is 11.0. The van der Waals surface area contributed by atoms with Crippen LogP contribution in [0.2, 0.25) is 5.02 Å². The van der Waals surface area contributed by atoms with E-state index in [9.17, 15) is 8.78 Å². The molecule has 0 saturated heterocycles. The second kappa shape index (κ2) is 5.93. The Morgan fingerprint density at radius 1 is 1.05 bits per heavy atom. The third-order valence-electron chi connectivity index (χ3n) is 3.83. The third-order valence-corrected chi connectivity index (χ3v) is 4.54. The number of nitrogens with one attached hydrogen (secondary N) is 1. The molecule has 0 spiro atoms. The Labute approximate surface area is 135 Å². The van der Waals surface area contributed by atoms with Crippen molar-refractivity contribution < 1.29 is 8.78 Å². The molecule has 1 saturated carbocycles. The Morgan fingerprint density at radius 2 is 1.62 bits per heavy atom. The molecule has 5 heteroatoms. The zero-order chi connectivity index (χ0) is 15.0. The summed E-state index contributed by atoms with van der Waals surface area (Å²) in [6.07, 6.45) is 1.72. The number of halogens is 4. The van der Waals surface area contributed by atoms with Gasteiger partial charge in [0.25, 0.3) is 0 Å². The summed E-state index contributed by atoms with van der Waals surface area (Å²) in [6, 6.07) is 10.4. The summed E-state index contributed by atoms with van der Waals surface area (Å²) in [7, 11) is 0. The van der Waals surface area contributed by atoms with Crippen LogP contribution in [-0.4, -0.2) is 6.04 Å². The highest BCUT2D eigenvalue weighted by molar-refractivity contribution is 9.10. The van der Waals surface area contributed by atoms with Crippen LogP contribution in [0, 0.1) is 11.6 Å². The Balaban J connectivity index is 1.64. The van der Waals surface area contributed by atoms with Crippen LogP contribution in [0.1, 0.15) is 24.3 Å². The van der Waals surface area contributed by atoms with Gasteiger partial charge in [0.05, 0.1) is 0 Å². The van der Waals surface area contributed by atoms with Gasteiger partial charge in [-0.15, -0.1) is 0 Å². The first-order chi connectivity index (χ1) is 10.0. The van der Waals surface area contributed by atoms with Crippen LogP contribution in [0.4, 0.5) is 14.5 Å². The Morgan fingerprint density at radius 3 is 2.19 bits per heavy atom. The molecule has 0 radical (unpaired) electrons. The van der Waals surface area contributed by atoms with Crippen molar-refractivity contribution in [2.24, 2.45) is 0 Å². The van der Waals surface area contributed by atoms with E-state index in [1.165, 1.54) is 17.7 Å². The first-order valence-corrected chi connectivity index (χ1v) is 7.86. The molecular weight excluding hydrogens is 360 g/mol. The fraction of sp³-hybridized carbons (Fsp3) is 0.250. The van der Waals surface area contributed by atoms with Crippen molar-refractivity contribution in [2.45, 2.75) is 24.8 Å². The van der Waals surface area contributed by atoms with Crippen LogP contribution in [0.25, 0.3) is 0 Å². The molecule has 21 heavy (non-hydrogen) atoms. The standard InChI is InChI=1S/C16H13BrClF2N/c17-11-7-14(19)16(15(20)8-11)21-13-5-10(6-13)9-1-3-12(18)4-2-9/h1-4,7-8,10,13,21H,5-6H2. The van der Waals surface area contributed by atoms with Crippen molar-refractivity contribution in [1.82, 2.24) is 0 Å². The van der Waals surface area contributed by atoms with Crippen molar-refractivity contribution in [3.8, 4) is 0 Å². The van der Waals surface area contributed by atoms with Gasteiger partial charge in [0.1, 0.15) is 17.3 Å². The molecule has 0 bridgehead atoms. The molecule has 1 aliphatic rings. The van der Waals surface area contributed by atoms with E-state index >= 15 is 0 Å². The normalized spacial score (nSPS) is 21.0. The number of rotatable bonds is 3. The van der Waals surface area contributed by atoms with Gasteiger partial charge in [-0.3, -0.25) is 0 Å². The van der Waals surface area contributed by atoms with Gasteiger partial charge < -0.3 is 5.32 Å². The van der Waals surface area contributed by atoms with Crippen molar-refractivity contribution >= 4 is 33.2 Å². The average molecular weight is 373 g/mol. The van der Waals surface area contributed by atoms with E-state index in [4.69, 9.17) is 11.6 Å². The Hall–Kier alpha value is -1.13. The average Bonchev–Trinajstić information content (AvgIpc) is 2.37. The predicted octanol–water partition coefficient (Wildman–Crippen LogP) is 5.74. The molecule has 1 nitrogen and oxygen atoms in total. The molecular formula is C16H13BrClF2N. The summed E-state index contributed by atoms with van der Waals surface area (Å²) in [5.41, 5.74) is 1.17. The molecule has 1 fully saturated rings. The Kier molecular flexibility index (Phi) is 4.18. The molecule has 2 aromatic rings. The molecule has 0 atom stereocenters. The van der Waals surface area contributed by atoms with Crippen LogP contribution < -0.4 is 5.32 Å². The third kappa shape index (κ3) is 3.22. The van der Waals surface area contributed by atoms with Crippen LogP contribution in [-0.2, 0) is 0 Å². The summed E-state index contributed by atoms with van der Waals surface area (Å²) < 4.78 is 27.9.